The monoisotopic (exact) mass is 334 g/mol. The van der Waals surface area contributed by atoms with E-state index >= 15 is 0 Å². The SMILES string of the molecule is COc1ccc(-c2cccc3[nH]ncc23)c(COc2cnn(C)c2)c1. The molecule has 0 amide bonds. The molecule has 0 aliphatic rings. The zero-order valence-electron chi connectivity index (χ0n) is 14.1. The average Bonchev–Trinajstić information content (AvgIpc) is 3.28. The Kier molecular flexibility index (Phi) is 3.85. The first-order valence-corrected chi connectivity index (χ1v) is 7.95. The van der Waals surface area contributed by atoms with Crippen LogP contribution in [0.4, 0.5) is 0 Å². The Balaban J connectivity index is 1.75. The van der Waals surface area contributed by atoms with Crippen LogP contribution in [0.25, 0.3) is 22.0 Å². The molecule has 0 atom stereocenters. The maximum absolute atomic E-state index is 5.91. The normalized spacial score (nSPS) is 11.0. The predicted molar refractivity (Wildman–Crippen MR) is 95.6 cm³/mol. The zero-order valence-corrected chi connectivity index (χ0v) is 14.1. The van der Waals surface area contributed by atoms with E-state index in [-0.39, 0.29) is 0 Å². The highest BCUT2D eigenvalue weighted by atomic mass is 16.5. The Labute approximate surface area is 145 Å². The van der Waals surface area contributed by atoms with E-state index in [2.05, 4.69) is 27.4 Å². The van der Waals surface area contributed by atoms with E-state index < -0.39 is 0 Å². The van der Waals surface area contributed by atoms with Crippen LogP contribution in [0, 0.1) is 0 Å². The van der Waals surface area contributed by atoms with Gasteiger partial charge in [0.05, 0.1) is 31.2 Å². The molecule has 4 rings (SSSR count). The highest BCUT2D eigenvalue weighted by molar-refractivity contribution is 5.95. The van der Waals surface area contributed by atoms with Gasteiger partial charge in [0, 0.05) is 18.0 Å². The smallest absolute Gasteiger partial charge is 0.157 e. The Hall–Kier alpha value is -3.28. The molecule has 0 saturated heterocycles. The molecule has 1 N–H and O–H groups in total. The standard InChI is InChI=1S/C19H18N4O2/c1-23-11-15(9-21-23)25-12-13-8-14(24-2)6-7-16(13)17-4-3-5-19-18(17)10-20-22-19/h3-11H,12H2,1-2H3,(H,20,22). The molecule has 2 heterocycles. The number of hydrogen-bond acceptors (Lipinski definition) is 4. The Bertz CT molecular complexity index is 1020. The lowest BCUT2D eigenvalue weighted by Gasteiger charge is -2.13. The minimum Gasteiger partial charge on any atom is -0.497 e. The van der Waals surface area contributed by atoms with Crippen molar-refractivity contribution in [2.45, 2.75) is 6.61 Å². The Morgan fingerprint density at radius 1 is 1.08 bits per heavy atom. The maximum atomic E-state index is 5.91. The second kappa shape index (κ2) is 6.32. The van der Waals surface area contributed by atoms with Gasteiger partial charge >= 0.3 is 0 Å². The van der Waals surface area contributed by atoms with E-state index in [1.54, 1.807) is 18.0 Å². The number of benzene rings is 2. The molecule has 2 aromatic heterocycles. The summed E-state index contributed by atoms with van der Waals surface area (Å²) in [7, 11) is 3.53. The molecule has 0 unspecified atom stereocenters. The van der Waals surface area contributed by atoms with Crippen molar-refractivity contribution in [1.82, 2.24) is 20.0 Å². The van der Waals surface area contributed by atoms with E-state index in [1.165, 1.54) is 0 Å². The lowest BCUT2D eigenvalue weighted by Crippen LogP contribution is -1.99. The summed E-state index contributed by atoms with van der Waals surface area (Å²) < 4.78 is 13.0. The summed E-state index contributed by atoms with van der Waals surface area (Å²) >= 11 is 0. The molecule has 0 saturated carbocycles. The van der Waals surface area contributed by atoms with Gasteiger partial charge in [-0.05, 0) is 29.3 Å². The number of fused-ring (bicyclic) bond motifs is 1. The molecule has 6 heteroatoms. The summed E-state index contributed by atoms with van der Waals surface area (Å²) in [6.45, 7) is 0.423. The van der Waals surface area contributed by atoms with Gasteiger partial charge in [-0.3, -0.25) is 9.78 Å². The molecule has 126 valence electrons. The van der Waals surface area contributed by atoms with E-state index in [0.29, 0.717) is 6.61 Å². The van der Waals surface area contributed by atoms with Crippen LogP contribution in [0.1, 0.15) is 5.56 Å². The minimum absolute atomic E-state index is 0.423. The van der Waals surface area contributed by atoms with Crippen LogP contribution < -0.4 is 9.47 Å². The van der Waals surface area contributed by atoms with Crippen molar-refractivity contribution in [2.24, 2.45) is 7.05 Å². The molecular weight excluding hydrogens is 316 g/mol. The van der Waals surface area contributed by atoms with Crippen molar-refractivity contribution in [3.8, 4) is 22.6 Å². The summed E-state index contributed by atoms with van der Waals surface area (Å²) in [5, 5.41) is 12.4. The number of rotatable bonds is 5. The number of aromatic amines is 1. The van der Waals surface area contributed by atoms with Crippen molar-refractivity contribution in [1.29, 1.82) is 0 Å². The minimum atomic E-state index is 0.423. The molecule has 0 bridgehead atoms. The van der Waals surface area contributed by atoms with Gasteiger partial charge in [0.15, 0.2) is 5.75 Å². The van der Waals surface area contributed by atoms with Gasteiger partial charge in [-0.15, -0.1) is 0 Å². The third-order valence-electron chi connectivity index (χ3n) is 4.16. The zero-order chi connectivity index (χ0) is 17.2. The third kappa shape index (κ3) is 2.94. The van der Waals surface area contributed by atoms with Crippen LogP contribution >= 0.6 is 0 Å². The van der Waals surface area contributed by atoms with Gasteiger partial charge in [-0.2, -0.15) is 10.2 Å². The molecule has 0 fully saturated rings. The molecular formula is C19H18N4O2. The van der Waals surface area contributed by atoms with Crippen LogP contribution in [0.15, 0.2) is 55.0 Å². The summed E-state index contributed by atoms with van der Waals surface area (Å²) in [6.07, 6.45) is 5.40. The van der Waals surface area contributed by atoms with Gasteiger partial charge in [-0.25, -0.2) is 0 Å². The Morgan fingerprint density at radius 2 is 2.00 bits per heavy atom. The van der Waals surface area contributed by atoms with Crippen LogP contribution in [0.2, 0.25) is 0 Å². The quantitative estimate of drug-likeness (QED) is 0.606. The molecule has 6 nitrogen and oxygen atoms in total. The van der Waals surface area contributed by atoms with Crippen molar-refractivity contribution < 1.29 is 9.47 Å². The third-order valence-corrected chi connectivity index (χ3v) is 4.16. The van der Waals surface area contributed by atoms with Crippen LogP contribution in [0.3, 0.4) is 0 Å². The van der Waals surface area contributed by atoms with E-state index in [0.717, 1.165) is 39.1 Å². The summed E-state index contributed by atoms with van der Waals surface area (Å²) in [5.74, 6) is 1.53. The fourth-order valence-corrected chi connectivity index (χ4v) is 2.92. The van der Waals surface area contributed by atoms with Crippen molar-refractivity contribution in [2.75, 3.05) is 7.11 Å². The number of nitrogens with one attached hydrogen (secondary N) is 1. The van der Waals surface area contributed by atoms with Crippen molar-refractivity contribution in [3.63, 3.8) is 0 Å². The molecule has 2 aromatic carbocycles. The van der Waals surface area contributed by atoms with E-state index in [1.807, 2.05) is 43.7 Å². The summed E-state index contributed by atoms with van der Waals surface area (Å²) in [6, 6.07) is 12.1. The highest BCUT2D eigenvalue weighted by Gasteiger charge is 2.12. The second-order valence-electron chi connectivity index (χ2n) is 5.80. The maximum Gasteiger partial charge on any atom is 0.157 e. The molecule has 0 spiro atoms. The topological polar surface area (TPSA) is 65.0 Å². The van der Waals surface area contributed by atoms with Crippen LogP contribution in [0.5, 0.6) is 11.5 Å². The molecule has 0 aliphatic heterocycles. The van der Waals surface area contributed by atoms with Gasteiger partial charge in [0.2, 0.25) is 0 Å². The van der Waals surface area contributed by atoms with Crippen molar-refractivity contribution >= 4 is 10.9 Å². The van der Waals surface area contributed by atoms with Gasteiger partial charge in [-0.1, -0.05) is 18.2 Å². The average molecular weight is 334 g/mol. The van der Waals surface area contributed by atoms with Gasteiger partial charge in [0.1, 0.15) is 12.4 Å². The lowest BCUT2D eigenvalue weighted by atomic mass is 9.97. The molecule has 0 radical (unpaired) electrons. The molecule has 0 aliphatic carbocycles. The highest BCUT2D eigenvalue weighted by Crippen LogP contribution is 2.33. The fraction of sp³-hybridized carbons (Fsp3) is 0.158. The number of aromatic nitrogens is 4. The number of methoxy groups -OCH3 is 1. The predicted octanol–water partition coefficient (Wildman–Crippen LogP) is 3.55. The number of aryl methyl sites for hydroxylation is 1. The Morgan fingerprint density at radius 3 is 2.80 bits per heavy atom. The van der Waals surface area contributed by atoms with Gasteiger partial charge in [0.25, 0.3) is 0 Å². The first-order chi connectivity index (χ1) is 12.2. The van der Waals surface area contributed by atoms with Crippen molar-refractivity contribution in [3.05, 3.63) is 60.6 Å². The van der Waals surface area contributed by atoms with Crippen LogP contribution in [-0.4, -0.2) is 27.1 Å². The van der Waals surface area contributed by atoms with Crippen LogP contribution in [-0.2, 0) is 13.7 Å². The summed E-state index contributed by atoms with van der Waals surface area (Å²) in [4.78, 5) is 0. The molecule has 25 heavy (non-hydrogen) atoms. The number of ether oxygens (including phenoxy) is 2. The molecule has 4 aromatic rings. The lowest BCUT2D eigenvalue weighted by molar-refractivity contribution is 0.305. The van der Waals surface area contributed by atoms with E-state index in [4.69, 9.17) is 9.47 Å². The number of hydrogen-bond donors (Lipinski definition) is 1. The van der Waals surface area contributed by atoms with E-state index in [9.17, 15) is 0 Å². The first kappa shape index (κ1) is 15.3. The fourth-order valence-electron chi connectivity index (χ4n) is 2.92. The second-order valence-corrected chi connectivity index (χ2v) is 5.80. The van der Waals surface area contributed by atoms with Gasteiger partial charge < -0.3 is 9.47 Å². The first-order valence-electron chi connectivity index (χ1n) is 7.95. The summed E-state index contributed by atoms with van der Waals surface area (Å²) in [5.41, 5.74) is 4.25. The number of nitrogens with zero attached hydrogens (tertiary/aromatic N) is 3. The number of H-pyrrole nitrogens is 1. The largest absolute Gasteiger partial charge is 0.497 e.